The molecule has 1 rings (SSSR count). The molecule has 72 valence electrons. The summed E-state index contributed by atoms with van der Waals surface area (Å²) in [6.07, 6.45) is -0.190. The fraction of sp³-hybridized carbons (Fsp3) is 0.375. The van der Waals surface area contributed by atoms with E-state index in [4.69, 9.17) is 9.84 Å². The summed E-state index contributed by atoms with van der Waals surface area (Å²) >= 11 is 0. The molecule has 4 nitrogen and oxygen atoms in total. The van der Waals surface area contributed by atoms with Gasteiger partial charge in [-0.15, -0.1) is 0 Å². The molecule has 1 unspecified atom stereocenters. The van der Waals surface area contributed by atoms with Crippen molar-refractivity contribution in [3.63, 3.8) is 0 Å². The van der Waals surface area contributed by atoms with Crippen molar-refractivity contribution < 1.29 is 19.3 Å². The van der Waals surface area contributed by atoms with Crippen LogP contribution in [0.5, 0.6) is 5.88 Å². The van der Waals surface area contributed by atoms with Crippen molar-refractivity contribution in [2.24, 2.45) is 0 Å². The summed E-state index contributed by atoms with van der Waals surface area (Å²) in [4.78, 5) is 3.60. The number of aliphatic hydroxyl groups excluding tert-OH is 2. The molecule has 0 aliphatic carbocycles. The largest absolute Gasteiger partial charge is 0.481 e. The van der Waals surface area contributed by atoms with Crippen LogP contribution < -0.4 is 4.74 Å². The summed E-state index contributed by atoms with van der Waals surface area (Å²) in [6.45, 7) is -0.499. The Balaban J connectivity index is 3.07. The second-order valence-electron chi connectivity index (χ2n) is 2.45. The van der Waals surface area contributed by atoms with E-state index in [9.17, 15) is 9.50 Å². The van der Waals surface area contributed by atoms with Gasteiger partial charge in [-0.2, -0.15) is 0 Å². The average molecular weight is 187 g/mol. The maximum atomic E-state index is 12.7. The van der Waals surface area contributed by atoms with E-state index >= 15 is 0 Å². The van der Waals surface area contributed by atoms with Crippen LogP contribution in [0.15, 0.2) is 12.3 Å². The van der Waals surface area contributed by atoms with Gasteiger partial charge in [0, 0.05) is 5.56 Å². The Morgan fingerprint density at radius 2 is 2.38 bits per heavy atom. The molecule has 0 bridgehead atoms. The number of methoxy groups -OCH3 is 1. The molecule has 0 radical (unpaired) electrons. The number of rotatable bonds is 3. The summed E-state index contributed by atoms with van der Waals surface area (Å²) in [7, 11) is 1.35. The highest BCUT2D eigenvalue weighted by molar-refractivity contribution is 5.28. The van der Waals surface area contributed by atoms with Crippen LogP contribution in [0.25, 0.3) is 0 Å². The lowest BCUT2D eigenvalue weighted by molar-refractivity contribution is 0.0924. The Kier molecular flexibility index (Phi) is 3.16. The fourth-order valence-corrected chi connectivity index (χ4v) is 0.950. The van der Waals surface area contributed by atoms with Crippen molar-refractivity contribution in [1.82, 2.24) is 4.98 Å². The maximum Gasteiger partial charge on any atom is 0.219 e. The molecule has 0 aliphatic rings. The standard InChI is InChI=1S/C8H10FNO3/c1-13-8-6(7(12)4-11)2-5(9)3-10-8/h2-3,7,11-12H,4H2,1H3. The lowest BCUT2D eigenvalue weighted by atomic mass is 10.1. The topological polar surface area (TPSA) is 62.6 Å². The predicted molar refractivity (Wildman–Crippen MR) is 42.8 cm³/mol. The highest BCUT2D eigenvalue weighted by atomic mass is 19.1. The second-order valence-corrected chi connectivity index (χ2v) is 2.45. The summed E-state index contributed by atoms with van der Waals surface area (Å²) in [6, 6.07) is 1.08. The van der Waals surface area contributed by atoms with Crippen LogP contribution in [-0.4, -0.2) is 28.9 Å². The SMILES string of the molecule is COc1ncc(F)cc1C(O)CO. The minimum absolute atomic E-state index is 0.114. The lowest BCUT2D eigenvalue weighted by Crippen LogP contribution is -2.06. The van der Waals surface area contributed by atoms with E-state index in [2.05, 4.69) is 4.98 Å². The van der Waals surface area contributed by atoms with E-state index in [1.165, 1.54) is 7.11 Å². The third-order valence-electron chi connectivity index (χ3n) is 1.57. The second kappa shape index (κ2) is 4.15. The van der Waals surface area contributed by atoms with Crippen LogP contribution in [0.1, 0.15) is 11.7 Å². The Labute approximate surface area is 74.6 Å². The zero-order valence-corrected chi connectivity index (χ0v) is 7.07. The first-order valence-electron chi connectivity index (χ1n) is 3.67. The molecule has 2 N–H and O–H groups in total. The average Bonchev–Trinajstić information content (AvgIpc) is 2.16. The van der Waals surface area contributed by atoms with E-state index in [0.717, 1.165) is 12.3 Å². The van der Waals surface area contributed by atoms with Crippen molar-refractivity contribution in [1.29, 1.82) is 0 Å². The molecular weight excluding hydrogens is 177 g/mol. The fourth-order valence-electron chi connectivity index (χ4n) is 0.950. The minimum atomic E-state index is -1.17. The van der Waals surface area contributed by atoms with E-state index in [1.807, 2.05) is 0 Å². The zero-order chi connectivity index (χ0) is 9.84. The molecule has 0 spiro atoms. The van der Waals surface area contributed by atoms with Crippen LogP contribution in [0.3, 0.4) is 0 Å². The molecule has 0 aliphatic heterocycles. The van der Waals surface area contributed by atoms with Gasteiger partial charge in [-0.25, -0.2) is 9.37 Å². The molecule has 0 saturated heterocycles. The first-order chi connectivity index (χ1) is 6.19. The number of halogens is 1. The zero-order valence-electron chi connectivity index (χ0n) is 7.07. The number of aliphatic hydroxyl groups is 2. The van der Waals surface area contributed by atoms with Crippen molar-refractivity contribution in [3.8, 4) is 5.88 Å². The van der Waals surface area contributed by atoms with Crippen molar-refractivity contribution >= 4 is 0 Å². The van der Waals surface area contributed by atoms with Gasteiger partial charge < -0.3 is 14.9 Å². The van der Waals surface area contributed by atoms with E-state index < -0.39 is 18.5 Å². The molecule has 1 heterocycles. The number of aromatic nitrogens is 1. The smallest absolute Gasteiger partial charge is 0.219 e. The normalized spacial score (nSPS) is 12.6. The molecule has 1 aromatic heterocycles. The number of pyridine rings is 1. The predicted octanol–water partition coefficient (Wildman–Crippen LogP) is 0.255. The van der Waals surface area contributed by atoms with Crippen molar-refractivity contribution in [3.05, 3.63) is 23.6 Å². The van der Waals surface area contributed by atoms with Gasteiger partial charge in [0.15, 0.2) is 0 Å². The Morgan fingerprint density at radius 1 is 1.69 bits per heavy atom. The van der Waals surface area contributed by atoms with E-state index in [-0.39, 0.29) is 11.4 Å². The van der Waals surface area contributed by atoms with E-state index in [1.54, 1.807) is 0 Å². The Morgan fingerprint density at radius 3 is 2.92 bits per heavy atom. The third-order valence-corrected chi connectivity index (χ3v) is 1.57. The van der Waals surface area contributed by atoms with Crippen LogP contribution in [-0.2, 0) is 0 Å². The van der Waals surface area contributed by atoms with Crippen LogP contribution in [0.4, 0.5) is 4.39 Å². The van der Waals surface area contributed by atoms with Crippen molar-refractivity contribution in [2.75, 3.05) is 13.7 Å². The quantitative estimate of drug-likeness (QED) is 0.712. The highest BCUT2D eigenvalue weighted by Gasteiger charge is 2.14. The van der Waals surface area contributed by atoms with Gasteiger partial charge >= 0.3 is 0 Å². The van der Waals surface area contributed by atoms with Gasteiger partial charge in [0.1, 0.15) is 11.9 Å². The highest BCUT2D eigenvalue weighted by Crippen LogP contribution is 2.22. The lowest BCUT2D eigenvalue weighted by Gasteiger charge is -2.10. The van der Waals surface area contributed by atoms with Gasteiger partial charge in [0.25, 0.3) is 0 Å². The minimum Gasteiger partial charge on any atom is -0.481 e. The number of ether oxygens (including phenoxy) is 1. The molecule has 1 atom stereocenters. The van der Waals surface area contributed by atoms with Gasteiger partial charge in [-0.1, -0.05) is 0 Å². The van der Waals surface area contributed by atoms with Gasteiger partial charge in [0.2, 0.25) is 5.88 Å². The first kappa shape index (κ1) is 9.88. The van der Waals surface area contributed by atoms with Crippen molar-refractivity contribution in [2.45, 2.75) is 6.10 Å². The number of hydrogen-bond acceptors (Lipinski definition) is 4. The summed E-state index contributed by atoms with van der Waals surface area (Å²) in [5, 5.41) is 17.9. The third kappa shape index (κ3) is 2.13. The molecule has 0 aromatic carbocycles. The van der Waals surface area contributed by atoms with Crippen LogP contribution in [0.2, 0.25) is 0 Å². The van der Waals surface area contributed by atoms with Gasteiger partial charge in [-0.05, 0) is 6.07 Å². The molecule has 0 saturated carbocycles. The molecule has 0 amide bonds. The molecule has 1 aromatic rings. The summed E-state index contributed by atoms with van der Waals surface area (Å²) < 4.78 is 17.4. The maximum absolute atomic E-state index is 12.7. The van der Waals surface area contributed by atoms with Crippen LogP contribution >= 0.6 is 0 Å². The monoisotopic (exact) mass is 187 g/mol. The summed E-state index contributed by atoms with van der Waals surface area (Å²) in [5.41, 5.74) is 0.144. The first-order valence-corrected chi connectivity index (χ1v) is 3.67. The number of nitrogens with zero attached hydrogens (tertiary/aromatic N) is 1. The summed E-state index contributed by atoms with van der Waals surface area (Å²) in [5.74, 6) is -0.466. The van der Waals surface area contributed by atoms with E-state index in [0.29, 0.717) is 0 Å². The van der Waals surface area contributed by atoms with Gasteiger partial charge in [-0.3, -0.25) is 0 Å². The number of hydrogen-bond donors (Lipinski definition) is 2. The van der Waals surface area contributed by atoms with Crippen LogP contribution in [0, 0.1) is 5.82 Å². The molecule has 5 heteroatoms. The molecule has 13 heavy (non-hydrogen) atoms. The Hall–Kier alpha value is -1.20. The molecule has 0 fully saturated rings. The Bertz CT molecular complexity index is 293. The molecular formula is C8H10FNO3. The van der Waals surface area contributed by atoms with Gasteiger partial charge in [0.05, 0.1) is 19.9 Å².